The van der Waals surface area contributed by atoms with Gasteiger partial charge in [0.1, 0.15) is 6.10 Å². The first-order valence-corrected chi connectivity index (χ1v) is 9.50. The Bertz CT molecular complexity index is 594. The first-order valence-electron chi connectivity index (χ1n) is 7.88. The Kier molecular flexibility index (Phi) is 7.17. The van der Waals surface area contributed by atoms with Crippen molar-refractivity contribution in [3.63, 3.8) is 0 Å². The maximum Gasteiger partial charge on any atom is 0.417 e. The second kappa shape index (κ2) is 9.13. The summed E-state index contributed by atoms with van der Waals surface area (Å²) in [5.41, 5.74) is 0.854. The van der Waals surface area contributed by atoms with Crippen LogP contribution in [0.25, 0.3) is 0 Å². The number of hydrogen-bond donors (Lipinski definition) is 1. The molecule has 1 aromatic rings. The molecule has 0 aromatic heterocycles. The zero-order valence-corrected chi connectivity index (χ0v) is 15.2. The molecule has 1 fully saturated rings. The quantitative estimate of drug-likeness (QED) is 0.591. The summed E-state index contributed by atoms with van der Waals surface area (Å²) >= 11 is 5.30. The molecule has 24 heavy (non-hydrogen) atoms. The van der Waals surface area contributed by atoms with E-state index in [4.69, 9.17) is 4.74 Å². The van der Waals surface area contributed by atoms with Crippen LogP contribution in [-0.2, 0) is 14.3 Å². The van der Waals surface area contributed by atoms with Crippen LogP contribution in [-0.4, -0.2) is 39.6 Å². The van der Waals surface area contributed by atoms with Gasteiger partial charge in [-0.25, -0.2) is 9.69 Å². The van der Waals surface area contributed by atoms with Crippen LogP contribution in [0.2, 0.25) is 0 Å². The minimum atomic E-state index is -0.642. The standard InChI is InChI=1S/C17H21NO4S2/c1-12-16(13-6-3-2-4-7-13)22-17(21)18(12)14(19)8-9-15(20)24-11-5-10-23/h2-4,6-7,12,16,23H,5,8-11H2,1H3/t12-,16-/m1/s1. The van der Waals surface area contributed by atoms with Gasteiger partial charge in [0.15, 0.2) is 5.12 Å². The average Bonchev–Trinajstić information content (AvgIpc) is 2.88. The Balaban J connectivity index is 1.90. The highest BCUT2D eigenvalue weighted by Crippen LogP contribution is 2.32. The molecule has 0 saturated carbocycles. The van der Waals surface area contributed by atoms with Crippen LogP contribution in [0.1, 0.15) is 37.9 Å². The lowest BCUT2D eigenvalue weighted by Gasteiger charge is -2.19. The summed E-state index contributed by atoms with van der Waals surface area (Å²) in [6.45, 7) is 1.78. The summed E-state index contributed by atoms with van der Waals surface area (Å²) < 4.78 is 5.35. The zero-order chi connectivity index (χ0) is 17.5. The van der Waals surface area contributed by atoms with Crippen molar-refractivity contribution in [1.82, 2.24) is 4.90 Å². The molecule has 1 aromatic carbocycles. The highest BCUT2D eigenvalue weighted by molar-refractivity contribution is 8.13. The summed E-state index contributed by atoms with van der Waals surface area (Å²) in [6, 6.07) is 8.94. The van der Waals surface area contributed by atoms with Crippen molar-refractivity contribution in [3.8, 4) is 0 Å². The van der Waals surface area contributed by atoms with Crippen LogP contribution in [0.3, 0.4) is 0 Å². The molecule has 1 aliphatic rings. The third-order valence-corrected chi connectivity index (χ3v) is 5.11. The van der Waals surface area contributed by atoms with E-state index in [1.54, 1.807) is 6.92 Å². The van der Waals surface area contributed by atoms with Gasteiger partial charge in [0.05, 0.1) is 6.04 Å². The summed E-state index contributed by atoms with van der Waals surface area (Å²) in [6.07, 6.45) is -0.113. The number of hydrogen-bond acceptors (Lipinski definition) is 6. The largest absolute Gasteiger partial charge is 0.439 e. The van der Waals surface area contributed by atoms with Crippen molar-refractivity contribution < 1.29 is 19.1 Å². The minimum absolute atomic E-state index is 0.0215. The van der Waals surface area contributed by atoms with E-state index in [0.29, 0.717) is 5.75 Å². The highest BCUT2D eigenvalue weighted by atomic mass is 32.2. The lowest BCUT2D eigenvalue weighted by atomic mass is 10.0. The second-order valence-electron chi connectivity index (χ2n) is 5.52. The van der Waals surface area contributed by atoms with E-state index in [2.05, 4.69) is 12.6 Å². The molecule has 1 heterocycles. The molecule has 0 radical (unpaired) electrons. The molecule has 130 valence electrons. The molecule has 0 aliphatic carbocycles. The number of carbonyl (C=O) groups is 3. The average molecular weight is 367 g/mol. The lowest BCUT2D eigenvalue weighted by molar-refractivity contribution is -0.130. The molecule has 2 atom stereocenters. The number of thiol groups is 1. The number of amides is 2. The van der Waals surface area contributed by atoms with E-state index < -0.39 is 12.2 Å². The van der Waals surface area contributed by atoms with Gasteiger partial charge < -0.3 is 4.74 Å². The molecule has 0 unspecified atom stereocenters. The highest BCUT2D eigenvalue weighted by Gasteiger charge is 2.43. The molecular weight excluding hydrogens is 346 g/mol. The molecule has 0 spiro atoms. The van der Waals surface area contributed by atoms with Gasteiger partial charge in [-0.05, 0) is 24.7 Å². The summed E-state index contributed by atoms with van der Waals surface area (Å²) in [7, 11) is 0. The molecule has 0 bridgehead atoms. The fourth-order valence-electron chi connectivity index (χ4n) is 2.54. The van der Waals surface area contributed by atoms with Crippen molar-refractivity contribution in [3.05, 3.63) is 35.9 Å². The van der Waals surface area contributed by atoms with Crippen molar-refractivity contribution in [2.75, 3.05) is 11.5 Å². The third-order valence-electron chi connectivity index (χ3n) is 3.78. The van der Waals surface area contributed by atoms with Crippen molar-refractivity contribution in [2.24, 2.45) is 0 Å². The lowest BCUT2D eigenvalue weighted by Crippen LogP contribution is -2.37. The van der Waals surface area contributed by atoms with Crippen molar-refractivity contribution in [2.45, 2.75) is 38.3 Å². The van der Waals surface area contributed by atoms with Gasteiger partial charge in [0.25, 0.3) is 0 Å². The molecular formula is C17H21NO4S2. The predicted molar refractivity (Wildman–Crippen MR) is 97.1 cm³/mol. The number of rotatable bonds is 7. The van der Waals surface area contributed by atoms with E-state index in [0.717, 1.165) is 22.6 Å². The smallest absolute Gasteiger partial charge is 0.417 e. The third kappa shape index (κ3) is 4.77. The van der Waals surface area contributed by atoms with E-state index in [1.807, 2.05) is 30.3 Å². The van der Waals surface area contributed by atoms with E-state index in [1.165, 1.54) is 11.8 Å². The molecule has 7 heteroatoms. The number of nitrogens with zero attached hydrogens (tertiary/aromatic N) is 1. The van der Waals surface area contributed by atoms with Crippen molar-refractivity contribution in [1.29, 1.82) is 0 Å². The van der Waals surface area contributed by atoms with Crippen LogP contribution in [0.15, 0.2) is 30.3 Å². The summed E-state index contributed by atoms with van der Waals surface area (Å²) in [5, 5.41) is -0.0371. The van der Waals surface area contributed by atoms with Gasteiger partial charge in [-0.2, -0.15) is 12.6 Å². The van der Waals surface area contributed by atoms with Crippen LogP contribution in [0.4, 0.5) is 4.79 Å². The first kappa shape index (κ1) is 18.9. The van der Waals surface area contributed by atoms with Gasteiger partial charge in [-0.1, -0.05) is 42.1 Å². The predicted octanol–water partition coefficient (Wildman–Crippen LogP) is 3.45. The van der Waals surface area contributed by atoms with Crippen molar-refractivity contribution >= 4 is 41.5 Å². The molecule has 1 saturated heterocycles. The fourth-order valence-corrected chi connectivity index (χ4v) is 3.67. The second-order valence-corrected chi connectivity index (χ2v) is 7.12. The number of thioether (sulfide) groups is 1. The number of cyclic esters (lactones) is 1. The van der Waals surface area contributed by atoms with E-state index in [-0.39, 0.29) is 29.9 Å². The Labute approximate surface area is 151 Å². The zero-order valence-electron chi connectivity index (χ0n) is 13.5. The van der Waals surface area contributed by atoms with Gasteiger partial charge >= 0.3 is 6.09 Å². The Hall–Kier alpha value is -1.47. The van der Waals surface area contributed by atoms with Crippen LogP contribution in [0.5, 0.6) is 0 Å². The Morgan fingerprint density at radius 2 is 1.96 bits per heavy atom. The van der Waals surface area contributed by atoms with Crippen LogP contribution >= 0.6 is 24.4 Å². The van der Waals surface area contributed by atoms with E-state index >= 15 is 0 Å². The Morgan fingerprint density at radius 1 is 1.25 bits per heavy atom. The van der Waals surface area contributed by atoms with Crippen LogP contribution in [0, 0.1) is 0 Å². The summed E-state index contributed by atoms with van der Waals surface area (Å²) in [4.78, 5) is 37.2. The molecule has 5 nitrogen and oxygen atoms in total. The summed E-state index contributed by atoms with van der Waals surface area (Å²) in [5.74, 6) is 1.07. The molecule has 2 rings (SSSR count). The van der Waals surface area contributed by atoms with Gasteiger partial charge in [-0.15, -0.1) is 0 Å². The minimum Gasteiger partial charge on any atom is -0.439 e. The maximum atomic E-state index is 12.3. The monoisotopic (exact) mass is 367 g/mol. The normalized spacial score (nSPS) is 20.1. The van der Waals surface area contributed by atoms with Gasteiger partial charge in [-0.3, -0.25) is 9.59 Å². The maximum absolute atomic E-state index is 12.3. The molecule has 1 aliphatic heterocycles. The topological polar surface area (TPSA) is 63.7 Å². The number of benzene rings is 1. The van der Waals surface area contributed by atoms with Gasteiger partial charge in [0, 0.05) is 18.6 Å². The first-order chi connectivity index (χ1) is 11.5. The van der Waals surface area contributed by atoms with Crippen LogP contribution < -0.4 is 0 Å². The number of carbonyl (C=O) groups excluding carboxylic acids is 3. The molecule has 0 N–H and O–H groups in total. The SMILES string of the molecule is C[C@@H]1[C@H](c2ccccc2)OC(=O)N1C(=O)CCC(=O)SCCCS. The number of imide groups is 1. The van der Waals surface area contributed by atoms with E-state index in [9.17, 15) is 14.4 Å². The Morgan fingerprint density at radius 3 is 2.62 bits per heavy atom. The number of ether oxygens (including phenoxy) is 1. The molecule has 2 amide bonds. The fraction of sp³-hybridized carbons (Fsp3) is 0.471. The van der Waals surface area contributed by atoms with Gasteiger partial charge in [0.2, 0.25) is 5.91 Å².